The summed E-state index contributed by atoms with van der Waals surface area (Å²) in [6.07, 6.45) is 2.89. The van der Waals surface area contributed by atoms with Crippen molar-refractivity contribution >= 4 is 11.8 Å². The molecule has 5 nitrogen and oxygen atoms in total. The van der Waals surface area contributed by atoms with Crippen LogP contribution in [0.3, 0.4) is 0 Å². The van der Waals surface area contributed by atoms with Gasteiger partial charge in [-0.2, -0.15) is 0 Å². The summed E-state index contributed by atoms with van der Waals surface area (Å²) in [5.74, 6) is 0.706. The first-order valence-electron chi connectivity index (χ1n) is 7.92. The van der Waals surface area contributed by atoms with Gasteiger partial charge in [0.1, 0.15) is 0 Å². The van der Waals surface area contributed by atoms with Crippen molar-refractivity contribution in [2.75, 3.05) is 13.1 Å². The Morgan fingerprint density at radius 3 is 2.50 bits per heavy atom. The van der Waals surface area contributed by atoms with E-state index in [0.29, 0.717) is 30.4 Å². The molecule has 1 aromatic carbocycles. The smallest absolute Gasteiger partial charge is 0.248 e. The molecule has 0 aliphatic carbocycles. The topological polar surface area (TPSA) is 84.2 Å². The minimum atomic E-state index is -0.439. The maximum Gasteiger partial charge on any atom is 0.248 e. The Morgan fingerprint density at radius 2 is 1.91 bits per heavy atom. The van der Waals surface area contributed by atoms with Gasteiger partial charge in [0.15, 0.2) is 0 Å². The molecule has 120 valence electrons. The van der Waals surface area contributed by atoms with E-state index in [1.807, 2.05) is 12.1 Å². The SMILES string of the molecule is CC(CC(=O)NCc1ccc(C(N)=O)cc1)C1CCNCC1. The highest BCUT2D eigenvalue weighted by Gasteiger charge is 2.21. The van der Waals surface area contributed by atoms with Crippen LogP contribution >= 0.6 is 0 Å². The highest BCUT2D eigenvalue weighted by atomic mass is 16.1. The van der Waals surface area contributed by atoms with Crippen molar-refractivity contribution in [1.29, 1.82) is 0 Å². The molecule has 1 aliphatic rings. The second kappa shape index (κ2) is 7.94. The van der Waals surface area contributed by atoms with Crippen LogP contribution < -0.4 is 16.4 Å². The van der Waals surface area contributed by atoms with Gasteiger partial charge in [-0.1, -0.05) is 19.1 Å². The Morgan fingerprint density at radius 1 is 1.27 bits per heavy atom. The molecular formula is C17H25N3O2. The number of nitrogens with one attached hydrogen (secondary N) is 2. The second-order valence-corrected chi connectivity index (χ2v) is 6.11. The lowest BCUT2D eigenvalue weighted by Crippen LogP contribution is -2.33. The maximum atomic E-state index is 12.0. The Hall–Kier alpha value is -1.88. The van der Waals surface area contributed by atoms with Gasteiger partial charge in [0.05, 0.1) is 0 Å². The molecule has 1 atom stereocenters. The normalized spacial score (nSPS) is 17.0. The first-order valence-corrected chi connectivity index (χ1v) is 7.92. The van der Waals surface area contributed by atoms with E-state index in [2.05, 4.69) is 17.6 Å². The lowest BCUT2D eigenvalue weighted by atomic mass is 9.84. The molecule has 0 aromatic heterocycles. The quantitative estimate of drug-likeness (QED) is 0.743. The molecule has 0 radical (unpaired) electrons. The zero-order valence-corrected chi connectivity index (χ0v) is 13.1. The van der Waals surface area contributed by atoms with E-state index in [0.717, 1.165) is 31.5 Å². The van der Waals surface area contributed by atoms with Crippen LogP contribution in [0.15, 0.2) is 24.3 Å². The minimum Gasteiger partial charge on any atom is -0.366 e. The van der Waals surface area contributed by atoms with Crippen molar-refractivity contribution in [1.82, 2.24) is 10.6 Å². The fourth-order valence-electron chi connectivity index (χ4n) is 2.93. The lowest BCUT2D eigenvalue weighted by Gasteiger charge is -2.27. The van der Waals surface area contributed by atoms with Gasteiger partial charge in [-0.3, -0.25) is 9.59 Å². The van der Waals surface area contributed by atoms with E-state index in [9.17, 15) is 9.59 Å². The van der Waals surface area contributed by atoms with Gasteiger partial charge in [0.2, 0.25) is 11.8 Å². The monoisotopic (exact) mass is 303 g/mol. The van der Waals surface area contributed by atoms with E-state index in [4.69, 9.17) is 5.73 Å². The average Bonchev–Trinajstić information content (AvgIpc) is 2.54. The Kier molecular flexibility index (Phi) is 5.95. The predicted octanol–water partition coefficient (Wildman–Crippen LogP) is 1.43. The Labute approximate surface area is 131 Å². The molecule has 1 unspecified atom stereocenters. The highest BCUT2D eigenvalue weighted by Crippen LogP contribution is 2.24. The zero-order valence-electron chi connectivity index (χ0n) is 13.1. The number of carbonyl (C=O) groups is 2. The van der Waals surface area contributed by atoms with Crippen LogP contribution in [0.25, 0.3) is 0 Å². The molecule has 1 heterocycles. The van der Waals surface area contributed by atoms with Crippen molar-refractivity contribution in [3.05, 3.63) is 35.4 Å². The zero-order chi connectivity index (χ0) is 15.9. The van der Waals surface area contributed by atoms with Crippen molar-refractivity contribution in [3.8, 4) is 0 Å². The first kappa shape index (κ1) is 16.5. The van der Waals surface area contributed by atoms with Gasteiger partial charge >= 0.3 is 0 Å². The fraction of sp³-hybridized carbons (Fsp3) is 0.529. The fourth-order valence-corrected chi connectivity index (χ4v) is 2.93. The van der Waals surface area contributed by atoms with E-state index in [-0.39, 0.29) is 5.91 Å². The van der Waals surface area contributed by atoms with Gasteiger partial charge in [-0.25, -0.2) is 0 Å². The molecule has 0 bridgehead atoms. The summed E-state index contributed by atoms with van der Waals surface area (Å²) in [7, 11) is 0. The third-order valence-corrected chi connectivity index (χ3v) is 4.42. The highest BCUT2D eigenvalue weighted by molar-refractivity contribution is 5.92. The standard InChI is InChI=1S/C17H25N3O2/c1-12(14-6-8-19-9-7-14)10-16(21)20-11-13-2-4-15(5-3-13)17(18)22/h2-5,12,14,19H,6-11H2,1H3,(H2,18,22)(H,20,21). The third-order valence-electron chi connectivity index (χ3n) is 4.42. The van der Waals surface area contributed by atoms with Crippen LogP contribution in [0, 0.1) is 11.8 Å². The Balaban J connectivity index is 1.75. The molecule has 1 aliphatic heterocycles. The van der Waals surface area contributed by atoms with Crippen molar-refractivity contribution in [2.45, 2.75) is 32.7 Å². The summed E-state index contributed by atoms with van der Waals surface area (Å²) in [6.45, 7) is 4.76. The number of benzene rings is 1. The van der Waals surface area contributed by atoms with E-state index in [1.54, 1.807) is 12.1 Å². The molecule has 2 rings (SSSR count). The van der Waals surface area contributed by atoms with Crippen LogP contribution in [0.2, 0.25) is 0 Å². The number of hydrogen-bond acceptors (Lipinski definition) is 3. The largest absolute Gasteiger partial charge is 0.366 e. The molecule has 1 aromatic rings. The summed E-state index contributed by atoms with van der Waals surface area (Å²) >= 11 is 0. The predicted molar refractivity (Wildman–Crippen MR) is 86.2 cm³/mol. The molecule has 22 heavy (non-hydrogen) atoms. The number of nitrogens with two attached hydrogens (primary N) is 1. The maximum absolute atomic E-state index is 12.0. The molecular weight excluding hydrogens is 278 g/mol. The minimum absolute atomic E-state index is 0.0880. The van der Waals surface area contributed by atoms with Crippen molar-refractivity contribution < 1.29 is 9.59 Å². The lowest BCUT2D eigenvalue weighted by molar-refractivity contribution is -0.122. The molecule has 1 fully saturated rings. The van der Waals surface area contributed by atoms with Gasteiger partial charge < -0.3 is 16.4 Å². The number of carbonyl (C=O) groups excluding carboxylic acids is 2. The van der Waals surface area contributed by atoms with Crippen LogP contribution in [0.4, 0.5) is 0 Å². The van der Waals surface area contributed by atoms with E-state index >= 15 is 0 Å². The molecule has 0 saturated carbocycles. The number of primary amides is 1. The number of piperidine rings is 1. The number of amides is 2. The summed E-state index contributed by atoms with van der Waals surface area (Å²) < 4.78 is 0. The van der Waals surface area contributed by atoms with Gasteiger partial charge in [-0.05, 0) is 55.5 Å². The van der Waals surface area contributed by atoms with Gasteiger partial charge in [0.25, 0.3) is 0 Å². The molecule has 4 N–H and O–H groups in total. The van der Waals surface area contributed by atoms with Crippen LogP contribution in [-0.4, -0.2) is 24.9 Å². The number of rotatable bonds is 6. The molecule has 0 spiro atoms. The second-order valence-electron chi connectivity index (χ2n) is 6.11. The van der Waals surface area contributed by atoms with Gasteiger partial charge in [0, 0.05) is 18.5 Å². The average molecular weight is 303 g/mol. The first-order chi connectivity index (χ1) is 10.6. The summed E-state index contributed by atoms with van der Waals surface area (Å²) in [4.78, 5) is 23.0. The van der Waals surface area contributed by atoms with Crippen LogP contribution in [0.1, 0.15) is 42.1 Å². The van der Waals surface area contributed by atoms with Gasteiger partial charge in [-0.15, -0.1) is 0 Å². The summed E-state index contributed by atoms with van der Waals surface area (Å²) in [5, 5.41) is 6.30. The van der Waals surface area contributed by atoms with Crippen LogP contribution in [-0.2, 0) is 11.3 Å². The van der Waals surface area contributed by atoms with Crippen LogP contribution in [0.5, 0.6) is 0 Å². The third kappa shape index (κ3) is 4.84. The molecule has 2 amide bonds. The summed E-state index contributed by atoms with van der Waals surface area (Å²) in [6, 6.07) is 7.00. The molecule has 1 saturated heterocycles. The van der Waals surface area contributed by atoms with Crippen molar-refractivity contribution in [2.24, 2.45) is 17.6 Å². The van der Waals surface area contributed by atoms with E-state index in [1.165, 1.54) is 0 Å². The molecule has 5 heteroatoms. The van der Waals surface area contributed by atoms with E-state index < -0.39 is 5.91 Å². The summed E-state index contributed by atoms with van der Waals surface area (Å²) in [5.41, 5.74) is 6.65. The van der Waals surface area contributed by atoms with Crippen molar-refractivity contribution in [3.63, 3.8) is 0 Å². The number of hydrogen-bond donors (Lipinski definition) is 3. The Bertz CT molecular complexity index is 507.